The number of likely N-dealkylation sites (tertiary alicyclic amines) is 1. The first-order valence-electron chi connectivity index (χ1n) is 12.8. The van der Waals surface area contributed by atoms with Crippen molar-refractivity contribution in [3.63, 3.8) is 0 Å². The molecule has 2 aromatic heterocycles. The van der Waals surface area contributed by atoms with Crippen LogP contribution in [0.5, 0.6) is 0 Å². The number of ether oxygens (including phenoxy) is 1. The van der Waals surface area contributed by atoms with E-state index in [2.05, 4.69) is 62.0 Å². The molecular formula is C27H32ClN7O. The Morgan fingerprint density at radius 3 is 2.58 bits per heavy atom. The third-order valence-electron chi connectivity index (χ3n) is 7.49. The summed E-state index contributed by atoms with van der Waals surface area (Å²) < 4.78 is 5.43. The molecule has 2 atom stereocenters. The highest BCUT2D eigenvalue weighted by atomic mass is 35.5. The summed E-state index contributed by atoms with van der Waals surface area (Å²) in [6.07, 6.45) is 4.85. The molecule has 2 bridgehead atoms. The van der Waals surface area contributed by atoms with Crippen LogP contribution in [0.25, 0.3) is 11.3 Å². The highest BCUT2D eigenvalue weighted by Crippen LogP contribution is 2.39. The van der Waals surface area contributed by atoms with Gasteiger partial charge in [-0.2, -0.15) is 0 Å². The van der Waals surface area contributed by atoms with E-state index in [4.69, 9.17) is 21.3 Å². The highest BCUT2D eigenvalue weighted by Gasteiger charge is 2.44. The van der Waals surface area contributed by atoms with Crippen LogP contribution >= 0.6 is 11.6 Å². The highest BCUT2D eigenvalue weighted by molar-refractivity contribution is 6.33. The Morgan fingerprint density at radius 2 is 1.89 bits per heavy atom. The topological polar surface area (TPSA) is 69.7 Å². The molecule has 1 N–H and O–H groups in total. The van der Waals surface area contributed by atoms with Crippen molar-refractivity contribution in [2.45, 2.75) is 38.4 Å². The van der Waals surface area contributed by atoms with Gasteiger partial charge in [-0.25, -0.2) is 15.0 Å². The van der Waals surface area contributed by atoms with Crippen LogP contribution in [-0.4, -0.2) is 77.4 Å². The molecule has 3 saturated heterocycles. The molecule has 3 fully saturated rings. The van der Waals surface area contributed by atoms with Crippen LogP contribution in [0, 0.1) is 0 Å². The van der Waals surface area contributed by atoms with E-state index in [-0.39, 0.29) is 0 Å². The van der Waals surface area contributed by atoms with Gasteiger partial charge in [0.15, 0.2) is 0 Å². The Kier molecular flexibility index (Phi) is 6.41. The molecule has 36 heavy (non-hydrogen) atoms. The first-order chi connectivity index (χ1) is 17.5. The monoisotopic (exact) mass is 505 g/mol. The second kappa shape index (κ2) is 9.84. The Morgan fingerprint density at radius 1 is 1.03 bits per heavy atom. The van der Waals surface area contributed by atoms with Crippen molar-refractivity contribution in [1.82, 2.24) is 19.9 Å². The number of benzene rings is 1. The van der Waals surface area contributed by atoms with Gasteiger partial charge < -0.3 is 19.9 Å². The summed E-state index contributed by atoms with van der Waals surface area (Å²) in [6.45, 7) is 9.94. The Labute approximate surface area is 217 Å². The molecule has 3 aliphatic rings. The van der Waals surface area contributed by atoms with Gasteiger partial charge in [0.05, 0.1) is 29.6 Å². The summed E-state index contributed by atoms with van der Waals surface area (Å²) in [5.41, 5.74) is 3.75. The van der Waals surface area contributed by atoms with Crippen LogP contribution in [0.1, 0.15) is 20.3 Å². The van der Waals surface area contributed by atoms with Crippen LogP contribution in [0.15, 0.2) is 48.8 Å². The molecule has 3 aromatic rings. The predicted octanol–water partition coefficient (Wildman–Crippen LogP) is 4.44. The molecular weight excluding hydrogens is 474 g/mol. The molecule has 1 aromatic carbocycles. The average molecular weight is 506 g/mol. The minimum absolute atomic E-state index is 0.529. The molecule has 0 amide bonds. The number of hydrogen-bond donors (Lipinski definition) is 1. The van der Waals surface area contributed by atoms with Gasteiger partial charge in [0, 0.05) is 67.9 Å². The second-order valence-corrected chi connectivity index (χ2v) is 10.5. The number of hydrogen-bond acceptors (Lipinski definition) is 8. The van der Waals surface area contributed by atoms with E-state index in [1.807, 2.05) is 24.4 Å². The first kappa shape index (κ1) is 23.5. The number of nitrogens with zero attached hydrogens (tertiary/aromatic N) is 6. The normalized spacial score (nSPS) is 22.0. The van der Waals surface area contributed by atoms with E-state index >= 15 is 0 Å². The minimum atomic E-state index is 0.529. The van der Waals surface area contributed by atoms with Crippen LogP contribution in [0.4, 0.5) is 23.1 Å². The van der Waals surface area contributed by atoms with E-state index in [0.717, 1.165) is 72.9 Å². The maximum atomic E-state index is 6.76. The Bertz CT molecular complexity index is 1210. The van der Waals surface area contributed by atoms with E-state index in [1.54, 1.807) is 6.20 Å². The van der Waals surface area contributed by atoms with Crippen molar-refractivity contribution in [1.29, 1.82) is 0 Å². The van der Waals surface area contributed by atoms with Crippen molar-refractivity contribution >= 4 is 34.7 Å². The number of fused-ring (bicyclic) bond motifs is 2. The van der Waals surface area contributed by atoms with Gasteiger partial charge in [-0.05, 0) is 56.7 Å². The Hall–Kier alpha value is -2.94. The fraction of sp³-hybridized carbons (Fsp3) is 0.444. The Balaban J connectivity index is 1.14. The maximum absolute atomic E-state index is 6.76. The SMILES string of the molecule is CC(C)N1CC2CC1CN2c1ccc(Nc2nccc(-c3ccc(N4CCOCC4)nc3)n2)cc1Cl. The lowest BCUT2D eigenvalue weighted by Gasteiger charge is -2.38. The molecule has 8 nitrogen and oxygen atoms in total. The third-order valence-corrected chi connectivity index (χ3v) is 7.80. The summed E-state index contributed by atoms with van der Waals surface area (Å²) in [5.74, 6) is 1.49. The number of piperazine rings is 1. The average Bonchev–Trinajstić information content (AvgIpc) is 3.51. The maximum Gasteiger partial charge on any atom is 0.227 e. The van der Waals surface area contributed by atoms with E-state index < -0.39 is 0 Å². The van der Waals surface area contributed by atoms with Gasteiger partial charge in [0.1, 0.15) is 5.82 Å². The zero-order valence-electron chi connectivity index (χ0n) is 20.8. The number of rotatable bonds is 6. The number of anilines is 4. The summed E-state index contributed by atoms with van der Waals surface area (Å²) in [5, 5.41) is 4.07. The molecule has 0 aliphatic carbocycles. The summed E-state index contributed by atoms with van der Waals surface area (Å²) in [4.78, 5) is 21.1. The van der Waals surface area contributed by atoms with Gasteiger partial charge >= 0.3 is 0 Å². The zero-order valence-corrected chi connectivity index (χ0v) is 21.5. The van der Waals surface area contributed by atoms with Crippen molar-refractivity contribution in [3.05, 3.63) is 53.8 Å². The molecule has 2 unspecified atom stereocenters. The van der Waals surface area contributed by atoms with E-state index in [0.29, 0.717) is 24.1 Å². The molecule has 9 heteroatoms. The van der Waals surface area contributed by atoms with E-state index in [1.165, 1.54) is 6.42 Å². The molecule has 188 valence electrons. The molecule has 0 spiro atoms. The van der Waals surface area contributed by atoms with Crippen molar-refractivity contribution in [3.8, 4) is 11.3 Å². The lowest BCUT2D eigenvalue weighted by Crippen LogP contribution is -2.49. The predicted molar refractivity (Wildman–Crippen MR) is 144 cm³/mol. The second-order valence-electron chi connectivity index (χ2n) is 10.0. The molecule has 5 heterocycles. The molecule has 6 rings (SSSR count). The quantitative estimate of drug-likeness (QED) is 0.527. The number of morpholine rings is 1. The number of halogens is 1. The standard InChI is InChI=1S/C27H32ClN7O/c1-18(2)34-16-22-14-21(34)17-35(22)25-5-4-20(13-23(25)28)31-27-29-8-7-24(32-27)19-3-6-26(30-15-19)33-9-11-36-12-10-33/h3-8,13,15,18,21-22H,9-12,14,16-17H2,1-2H3,(H,29,31,32). The van der Waals surface area contributed by atoms with E-state index in [9.17, 15) is 0 Å². The van der Waals surface area contributed by atoms with Crippen LogP contribution in [0.2, 0.25) is 5.02 Å². The lowest BCUT2D eigenvalue weighted by molar-refractivity contribution is 0.122. The fourth-order valence-corrected chi connectivity index (χ4v) is 5.96. The van der Waals surface area contributed by atoms with Crippen molar-refractivity contribution < 1.29 is 4.74 Å². The number of nitrogens with one attached hydrogen (secondary N) is 1. The van der Waals surface area contributed by atoms with Crippen LogP contribution in [0.3, 0.4) is 0 Å². The molecule has 0 radical (unpaired) electrons. The lowest BCUT2D eigenvalue weighted by atomic mass is 10.2. The van der Waals surface area contributed by atoms with Gasteiger partial charge in [-0.1, -0.05) is 11.6 Å². The zero-order chi connectivity index (χ0) is 24.6. The smallest absolute Gasteiger partial charge is 0.227 e. The molecule has 0 saturated carbocycles. The number of aromatic nitrogens is 3. The van der Waals surface area contributed by atoms with Crippen LogP contribution in [-0.2, 0) is 4.74 Å². The van der Waals surface area contributed by atoms with Gasteiger partial charge in [0.2, 0.25) is 5.95 Å². The van der Waals surface area contributed by atoms with Crippen molar-refractivity contribution in [2.24, 2.45) is 0 Å². The van der Waals surface area contributed by atoms with Gasteiger partial charge in [-0.15, -0.1) is 0 Å². The van der Waals surface area contributed by atoms with Crippen LogP contribution < -0.4 is 15.1 Å². The van der Waals surface area contributed by atoms with Gasteiger partial charge in [-0.3, -0.25) is 4.90 Å². The summed E-state index contributed by atoms with van der Waals surface area (Å²) in [6, 6.07) is 13.9. The first-order valence-corrected chi connectivity index (χ1v) is 13.1. The fourth-order valence-electron chi connectivity index (χ4n) is 5.67. The summed E-state index contributed by atoms with van der Waals surface area (Å²) in [7, 11) is 0. The minimum Gasteiger partial charge on any atom is -0.378 e. The number of pyridine rings is 1. The summed E-state index contributed by atoms with van der Waals surface area (Å²) >= 11 is 6.76. The van der Waals surface area contributed by atoms with Crippen molar-refractivity contribution in [2.75, 3.05) is 54.5 Å². The van der Waals surface area contributed by atoms with Gasteiger partial charge in [0.25, 0.3) is 0 Å². The molecule has 3 aliphatic heterocycles. The largest absolute Gasteiger partial charge is 0.378 e. The third kappa shape index (κ3) is 4.61.